The Morgan fingerprint density at radius 2 is 2.08 bits per heavy atom. The zero-order chi connectivity index (χ0) is 26.8. The number of aliphatic hydroxyl groups is 1. The first-order chi connectivity index (χ1) is 17.6. The summed E-state index contributed by atoms with van der Waals surface area (Å²) in [5.74, 6) is -3.41. The molecule has 4 rings (SSSR count). The number of nitrogens with two attached hydrogens (primary N) is 1. The SMILES string of the molecule is CCOc1nc(N)nc2c1ncn2[C@@H]1O[C@](F)(COCNC(C)C(=O)OC2CCCCC2)[C@@H](O)[C@@]1(C)F. The molecule has 14 heteroatoms. The zero-order valence-corrected chi connectivity index (χ0v) is 21.2. The van der Waals surface area contributed by atoms with E-state index in [2.05, 4.69) is 20.3 Å². The van der Waals surface area contributed by atoms with Crippen molar-refractivity contribution in [2.75, 3.05) is 25.7 Å². The topological polar surface area (TPSA) is 156 Å². The van der Waals surface area contributed by atoms with E-state index in [-0.39, 0.29) is 42.4 Å². The van der Waals surface area contributed by atoms with Crippen LogP contribution in [0, 0.1) is 0 Å². The number of hydrogen-bond acceptors (Lipinski definition) is 11. The lowest BCUT2D eigenvalue weighted by atomic mass is 9.97. The molecule has 0 spiro atoms. The number of aromatic nitrogens is 4. The Hall–Kier alpha value is -2.68. The molecule has 206 valence electrons. The fourth-order valence-corrected chi connectivity index (χ4v) is 4.59. The first-order valence-corrected chi connectivity index (χ1v) is 12.4. The normalized spacial score (nSPS) is 29.5. The number of halogens is 2. The fourth-order valence-electron chi connectivity index (χ4n) is 4.59. The number of aliphatic hydroxyl groups excluding tert-OH is 1. The average Bonchev–Trinajstić information content (AvgIpc) is 3.35. The van der Waals surface area contributed by atoms with Gasteiger partial charge < -0.3 is 29.8 Å². The third kappa shape index (κ3) is 5.61. The number of anilines is 1. The molecule has 1 aliphatic carbocycles. The minimum Gasteiger partial charge on any atom is -0.476 e. The molecule has 37 heavy (non-hydrogen) atoms. The molecule has 1 aliphatic heterocycles. The van der Waals surface area contributed by atoms with Crippen LogP contribution < -0.4 is 15.8 Å². The average molecular weight is 529 g/mol. The number of carbonyl (C=O) groups is 1. The molecule has 5 atom stereocenters. The van der Waals surface area contributed by atoms with Crippen molar-refractivity contribution in [3.63, 3.8) is 0 Å². The van der Waals surface area contributed by atoms with E-state index in [4.69, 9.17) is 24.7 Å². The molecule has 4 N–H and O–H groups in total. The molecule has 1 saturated carbocycles. The van der Waals surface area contributed by atoms with Crippen LogP contribution in [0.2, 0.25) is 0 Å². The molecule has 1 saturated heterocycles. The van der Waals surface area contributed by atoms with Gasteiger partial charge in [0.1, 0.15) is 18.8 Å². The number of imidazole rings is 1. The summed E-state index contributed by atoms with van der Waals surface area (Å²) in [6, 6.07) is -0.701. The van der Waals surface area contributed by atoms with Crippen LogP contribution >= 0.6 is 0 Å². The number of nitrogen functional groups attached to an aromatic ring is 1. The Bertz CT molecular complexity index is 1100. The highest BCUT2D eigenvalue weighted by molar-refractivity contribution is 5.77. The van der Waals surface area contributed by atoms with Crippen LogP contribution in [0.4, 0.5) is 14.7 Å². The van der Waals surface area contributed by atoms with Gasteiger partial charge in [-0.25, -0.2) is 13.8 Å². The molecule has 3 heterocycles. The lowest BCUT2D eigenvalue weighted by Gasteiger charge is -2.26. The lowest BCUT2D eigenvalue weighted by molar-refractivity contribution is -0.216. The number of alkyl halides is 2. The van der Waals surface area contributed by atoms with Crippen molar-refractivity contribution < 1.29 is 37.6 Å². The van der Waals surface area contributed by atoms with E-state index in [9.17, 15) is 9.90 Å². The summed E-state index contributed by atoms with van der Waals surface area (Å²) in [5.41, 5.74) is 3.38. The van der Waals surface area contributed by atoms with Crippen molar-refractivity contribution in [3.8, 4) is 5.88 Å². The maximum Gasteiger partial charge on any atom is 0.323 e. The van der Waals surface area contributed by atoms with Gasteiger partial charge in [0.15, 0.2) is 29.2 Å². The maximum atomic E-state index is 15.7. The van der Waals surface area contributed by atoms with Crippen LogP contribution in [0.15, 0.2) is 6.33 Å². The van der Waals surface area contributed by atoms with Gasteiger partial charge in [-0.2, -0.15) is 9.97 Å². The highest BCUT2D eigenvalue weighted by atomic mass is 19.2. The lowest BCUT2D eigenvalue weighted by Crippen LogP contribution is -2.47. The number of ether oxygens (including phenoxy) is 4. The van der Waals surface area contributed by atoms with Crippen molar-refractivity contribution in [1.29, 1.82) is 0 Å². The maximum absolute atomic E-state index is 15.7. The molecule has 2 fully saturated rings. The monoisotopic (exact) mass is 528 g/mol. The summed E-state index contributed by atoms with van der Waals surface area (Å²) in [4.78, 5) is 24.4. The number of carbonyl (C=O) groups excluding carboxylic acids is 1. The second-order valence-electron chi connectivity index (χ2n) is 9.57. The molecular weight excluding hydrogens is 494 g/mol. The van der Waals surface area contributed by atoms with E-state index in [0.29, 0.717) is 0 Å². The highest BCUT2D eigenvalue weighted by Crippen LogP contribution is 2.48. The fraction of sp³-hybridized carbons (Fsp3) is 0.739. The zero-order valence-electron chi connectivity index (χ0n) is 21.2. The van der Waals surface area contributed by atoms with Gasteiger partial charge >= 0.3 is 5.97 Å². The summed E-state index contributed by atoms with van der Waals surface area (Å²) in [7, 11) is 0. The number of hydrogen-bond donors (Lipinski definition) is 3. The Labute approximate surface area is 212 Å². The van der Waals surface area contributed by atoms with Gasteiger partial charge in [0.05, 0.1) is 19.7 Å². The number of esters is 1. The second kappa shape index (κ2) is 11.0. The van der Waals surface area contributed by atoms with E-state index < -0.39 is 42.5 Å². The van der Waals surface area contributed by atoms with Crippen molar-refractivity contribution in [3.05, 3.63) is 6.33 Å². The second-order valence-corrected chi connectivity index (χ2v) is 9.57. The molecule has 2 aromatic rings. The molecule has 0 aromatic carbocycles. The highest BCUT2D eigenvalue weighted by Gasteiger charge is 2.64. The minimum absolute atomic E-state index is 0.0502. The number of nitrogens with zero attached hydrogens (tertiary/aromatic N) is 4. The van der Waals surface area contributed by atoms with Crippen molar-refractivity contribution in [1.82, 2.24) is 24.8 Å². The summed E-state index contributed by atoms with van der Waals surface area (Å²) < 4.78 is 54.0. The summed E-state index contributed by atoms with van der Waals surface area (Å²) >= 11 is 0. The molecule has 12 nitrogen and oxygen atoms in total. The Balaban J connectivity index is 1.38. The third-order valence-corrected chi connectivity index (χ3v) is 6.65. The smallest absolute Gasteiger partial charge is 0.323 e. The van der Waals surface area contributed by atoms with Crippen LogP contribution in [0.3, 0.4) is 0 Å². The van der Waals surface area contributed by atoms with E-state index in [1.54, 1.807) is 13.8 Å². The molecule has 2 aliphatic rings. The van der Waals surface area contributed by atoms with Gasteiger partial charge in [-0.05, 0) is 46.5 Å². The van der Waals surface area contributed by atoms with Crippen molar-refractivity contribution in [2.45, 2.75) is 88.9 Å². The quantitative estimate of drug-likeness (QED) is 0.235. The Kier molecular flexibility index (Phi) is 8.11. The Morgan fingerprint density at radius 3 is 2.78 bits per heavy atom. The van der Waals surface area contributed by atoms with Gasteiger partial charge in [-0.1, -0.05) is 6.42 Å². The van der Waals surface area contributed by atoms with Gasteiger partial charge in [0, 0.05) is 0 Å². The number of nitrogens with one attached hydrogen (secondary N) is 1. The first kappa shape index (κ1) is 27.4. The van der Waals surface area contributed by atoms with Gasteiger partial charge in [-0.3, -0.25) is 14.7 Å². The Morgan fingerprint density at radius 1 is 1.35 bits per heavy atom. The van der Waals surface area contributed by atoms with Crippen LogP contribution in [0.25, 0.3) is 11.2 Å². The summed E-state index contributed by atoms with van der Waals surface area (Å²) in [5, 5.41) is 13.3. The predicted octanol–water partition coefficient (Wildman–Crippen LogP) is 1.92. The van der Waals surface area contributed by atoms with Gasteiger partial charge in [-0.15, -0.1) is 0 Å². The van der Waals surface area contributed by atoms with E-state index in [1.807, 2.05) is 0 Å². The minimum atomic E-state index is -2.90. The van der Waals surface area contributed by atoms with Crippen LogP contribution in [0.1, 0.15) is 59.1 Å². The van der Waals surface area contributed by atoms with Crippen LogP contribution in [0.5, 0.6) is 5.88 Å². The first-order valence-electron chi connectivity index (χ1n) is 12.4. The largest absolute Gasteiger partial charge is 0.476 e. The van der Waals surface area contributed by atoms with E-state index >= 15 is 8.78 Å². The predicted molar refractivity (Wildman–Crippen MR) is 127 cm³/mol. The molecule has 1 unspecified atom stereocenters. The van der Waals surface area contributed by atoms with E-state index in [0.717, 1.165) is 43.6 Å². The van der Waals surface area contributed by atoms with Gasteiger partial charge in [0.25, 0.3) is 5.85 Å². The van der Waals surface area contributed by atoms with Crippen LogP contribution in [-0.4, -0.2) is 80.3 Å². The van der Waals surface area contributed by atoms with Gasteiger partial charge in [0.2, 0.25) is 11.8 Å². The third-order valence-electron chi connectivity index (χ3n) is 6.65. The molecule has 2 aromatic heterocycles. The summed E-state index contributed by atoms with van der Waals surface area (Å²) in [6.07, 6.45) is 2.12. The number of rotatable bonds is 10. The standard InChI is InChI=1S/C23H34F2N6O6/c1-4-35-17-15-16(29-21(26)30-17)31(11-27-15)20-22(3,24)19(33)23(25,37-20)10-34-12-28-13(2)18(32)36-14-8-6-5-7-9-14/h11,13-14,19-20,28,33H,4-10,12H2,1-3H3,(H2,26,29,30)/t13?,19-,20+,22+,23+/m0/s1. The number of fused-ring (bicyclic) bond motifs is 1. The molecule has 0 amide bonds. The molecule has 0 bridgehead atoms. The van der Waals surface area contributed by atoms with Crippen LogP contribution in [-0.2, 0) is 19.0 Å². The van der Waals surface area contributed by atoms with E-state index in [1.165, 1.54) is 6.33 Å². The summed E-state index contributed by atoms with van der Waals surface area (Å²) in [6.45, 7) is 3.55. The van der Waals surface area contributed by atoms with Crippen molar-refractivity contribution in [2.24, 2.45) is 0 Å². The molecular formula is C23H34F2N6O6. The van der Waals surface area contributed by atoms with Crippen molar-refractivity contribution >= 4 is 23.1 Å². The molecule has 0 radical (unpaired) electrons.